The predicted molar refractivity (Wildman–Crippen MR) is 187 cm³/mol. The van der Waals surface area contributed by atoms with Gasteiger partial charge in [0.25, 0.3) is 11.8 Å². The molecule has 0 N–H and O–H groups in total. The quantitative estimate of drug-likeness (QED) is 0.128. The fourth-order valence-corrected chi connectivity index (χ4v) is 5.99. The normalized spacial score (nSPS) is 14.0. The molecular weight excluding hydrogens is 720 g/mol. The molecule has 0 unspecified atom stereocenters. The molecule has 0 radical (unpaired) electrons. The fourth-order valence-electron chi connectivity index (χ4n) is 5.99. The van der Waals surface area contributed by atoms with Crippen molar-refractivity contribution in [1.82, 2.24) is 19.4 Å². The second-order valence-corrected chi connectivity index (χ2v) is 12.6. The lowest BCUT2D eigenvalue weighted by Gasteiger charge is -2.35. The van der Waals surface area contributed by atoms with Crippen molar-refractivity contribution in [2.45, 2.75) is 25.6 Å². The largest absolute Gasteiger partial charge is 0.484 e. The van der Waals surface area contributed by atoms with Gasteiger partial charge in [0.05, 0.1) is 23.0 Å². The zero-order chi connectivity index (χ0) is 38.6. The van der Waals surface area contributed by atoms with Gasteiger partial charge in [0.15, 0.2) is 6.61 Å². The summed E-state index contributed by atoms with van der Waals surface area (Å²) in [6, 6.07) is 20.7. The number of hydrogen-bond donors (Lipinski definition) is 0. The van der Waals surface area contributed by atoms with E-state index in [9.17, 15) is 35.9 Å². The number of amides is 2. The van der Waals surface area contributed by atoms with Crippen LogP contribution in [0.25, 0.3) is 10.9 Å². The minimum absolute atomic E-state index is 0.0846. The van der Waals surface area contributed by atoms with Crippen LogP contribution < -0.4 is 14.4 Å². The summed E-state index contributed by atoms with van der Waals surface area (Å²) in [5, 5.41) is 0.788. The maximum Gasteiger partial charge on any atom is 0.422 e. The monoisotopic (exact) mass is 755 g/mol. The first-order chi connectivity index (χ1) is 25.7. The number of pyridine rings is 1. The number of aromatic nitrogens is 2. The Morgan fingerprint density at radius 1 is 0.833 bits per heavy atom. The van der Waals surface area contributed by atoms with Crippen molar-refractivity contribution in [2.75, 3.05) is 51.8 Å². The molecule has 5 aromatic rings. The third kappa shape index (κ3) is 9.12. The van der Waals surface area contributed by atoms with Gasteiger partial charge < -0.3 is 28.6 Å². The Balaban J connectivity index is 1.07. The molecule has 2 amide bonds. The van der Waals surface area contributed by atoms with Crippen LogP contribution in [0.4, 0.5) is 32.0 Å². The molecule has 0 aliphatic carbocycles. The van der Waals surface area contributed by atoms with Crippen LogP contribution in [0.3, 0.4) is 0 Å². The standard InChI is InChI=1S/C38H35F6N5O5/c1-46(35(50)26-5-8-28(9-6-26)38(42,43)44)29-10-14-34(45-21-29)54-31-13-7-27-19-33(49(24-52-2)32(27)20-31)36(51)48-17-15-47(16-18-48)22-25-3-11-30(12-4-25)53-23-37(39,40)41/h3-14,19-21H,15-18,22-24H2,1-2H3. The topological polar surface area (TPSA) is 89.4 Å². The first-order valence-corrected chi connectivity index (χ1v) is 16.7. The number of methoxy groups -OCH3 is 1. The van der Waals surface area contributed by atoms with E-state index in [2.05, 4.69) is 9.88 Å². The van der Waals surface area contributed by atoms with Crippen molar-refractivity contribution in [2.24, 2.45) is 0 Å². The molecule has 284 valence electrons. The third-order valence-electron chi connectivity index (χ3n) is 8.84. The van der Waals surface area contributed by atoms with Crippen molar-refractivity contribution in [3.05, 3.63) is 114 Å². The molecule has 16 heteroatoms. The summed E-state index contributed by atoms with van der Waals surface area (Å²) in [5.41, 5.74) is 1.68. The summed E-state index contributed by atoms with van der Waals surface area (Å²) in [6.07, 6.45) is -7.50. The Kier molecular flexibility index (Phi) is 11.1. The molecule has 0 bridgehead atoms. The van der Waals surface area contributed by atoms with E-state index in [1.54, 1.807) is 51.9 Å². The highest BCUT2D eigenvalue weighted by molar-refractivity contribution is 6.05. The molecule has 3 heterocycles. The van der Waals surface area contributed by atoms with E-state index < -0.39 is 30.4 Å². The summed E-state index contributed by atoms with van der Waals surface area (Å²) < 4.78 is 94.1. The van der Waals surface area contributed by atoms with Crippen LogP contribution in [-0.4, -0.2) is 84.3 Å². The molecule has 0 spiro atoms. The lowest BCUT2D eigenvalue weighted by molar-refractivity contribution is -0.153. The Morgan fingerprint density at radius 2 is 1.52 bits per heavy atom. The van der Waals surface area contributed by atoms with Gasteiger partial charge in [-0.2, -0.15) is 26.3 Å². The molecule has 54 heavy (non-hydrogen) atoms. The van der Waals surface area contributed by atoms with Crippen LogP contribution in [0.5, 0.6) is 17.4 Å². The maximum atomic E-state index is 13.8. The van der Waals surface area contributed by atoms with Gasteiger partial charge in [0.1, 0.15) is 23.9 Å². The highest BCUT2D eigenvalue weighted by Gasteiger charge is 2.31. The van der Waals surface area contributed by atoms with Gasteiger partial charge in [0.2, 0.25) is 5.88 Å². The molecule has 0 atom stereocenters. The smallest absolute Gasteiger partial charge is 0.422 e. The number of fused-ring (bicyclic) bond motifs is 1. The fraction of sp³-hybridized carbons (Fsp3) is 0.289. The summed E-state index contributed by atoms with van der Waals surface area (Å²) in [4.78, 5) is 36.2. The van der Waals surface area contributed by atoms with Gasteiger partial charge >= 0.3 is 12.4 Å². The molecule has 1 saturated heterocycles. The van der Waals surface area contributed by atoms with Crippen LogP contribution in [-0.2, 0) is 24.2 Å². The molecule has 1 aliphatic heterocycles. The van der Waals surface area contributed by atoms with Crippen LogP contribution in [0.15, 0.2) is 91.1 Å². The highest BCUT2D eigenvalue weighted by atomic mass is 19.4. The lowest BCUT2D eigenvalue weighted by atomic mass is 10.1. The number of carbonyl (C=O) groups is 2. The molecule has 1 aliphatic rings. The Labute approximate surface area is 306 Å². The number of rotatable bonds is 11. The van der Waals surface area contributed by atoms with E-state index >= 15 is 0 Å². The number of ether oxygens (including phenoxy) is 3. The number of halogens is 6. The van der Waals surface area contributed by atoms with E-state index in [0.717, 1.165) is 35.2 Å². The van der Waals surface area contributed by atoms with Crippen LogP contribution in [0, 0.1) is 0 Å². The lowest BCUT2D eigenvalue weighted by Crippen LogP contribution is -2.48. The number of alkyl halides is 6. The number of piperazine rings is 1. The zero-order valence-corrected chi connectivity index (χ0v) is 29.2. The minimum atomic E-state index is -4.51. The van der Waals surface area contributed by atoms with Crippen molar-refractivity contribution >= 4 is 28.4 Å². The highest BCUT2D eigenvalue weighted by Crippen LogP contribution is 2.31. The van der Waals surface area contributed by atoms with Crippen LogP contribution in [0.2, 0.25) is 0 Å². The summed E-state index contributed by atoms with van der Waals surface area (Å²) >= 11 is 0. The molecule has 10 nitrogen and oxygen atoms in total. The zero-order valence-electron chi connectivity index (χ0n) is 29.2. The Morgan fingerprint density at radius 3 is 2.13 bits per heavy atom. The second kappa shape index (κ2) is 15.8. The Hall–Kier alpha value is -5.61. The van der Waals surface area contributed by atoms with Crippen molar-refractivity contribution in [1.29, 1.82) is 0 Å². The van der Waals surface area contributed by atoms with Crippen LogP contribution in [0.1, 0.15) is 32.0 Å². The van der Waals surface area contributed by atoms with Gasteiger partial charge in [-0.25, -0.2) is 4.98 Å². The number of carbonyl (C=O) groups excluding carboxylic acids is 2. The van der Waals surface area contributed by atoms with Crippen molar-refractivity contribution in [3.8, 4) is 17.4 Å². The minimum Gasteiger partial charge on any atom is -0.484 e. The molecule has 0 saturated carbocycles. The number of hydrogen-bond acceptors (Lipinski definition) is 7. The average molecular weight is 756 g/mol. The van der Waals surface area contributed by atoms with Crippen molar-refractivity contribution in [3.63, 3.8) is 0 Å². The molecule has 3 aromatic carbocycles. The third-order valence-corrected chi connectivity index (χ3v) is 8.84. The molecule has 1 fully saturated rings. The first kappa shape index (κ1) is 38.1. The summed E-state index contributed by atoms with van der Waals surface area (Å²) in [6.45, 7) is 1.48. The van der Waals surface area contributed by atoms with E-state index in [1.165, 1.54) is 37.4 Å². The molecular formula is C38H35F6N5O5. The molecule has 6 rings (SSSR count). The second-order valence-electron chi connectivity index (χ2n) is 12.6. The van der Waals surface area contributed by atoms with Gasteiger partial charge in [-0.15, -0.1) is 0 Å². The van der Waals surface area contributed by atoms with E-state index in [4.69, 9.17) is 14.2 Å². The maximum absolute atomic E-state index is 13.8. The summed E-state index contributed by atoms with van der Waals surface area (Å²) in [7, 11) is 3.01. The van der Waals surface area contributed by atoms with Gasteiger partial charge in [-0.05, 0) is 66.2 Å². The average Bonchev–Trinajstić information content (AvgIpc) is 3.51. The van der Waals surface area contributed by atoms with Gasteiger partial charge in [0, 0.05) is 70.0 Å². The Bertz CT molecular complexity index is 2080. The number of nitrogens with zero attached hydrogens (tertiary/aromatic N) is 5. The first-order valence-electron chi connectivity index (χ1n) is 16.7. The van der Waals surface area contributed by atoms with Crippen molar-refractivity contribution < 1.29 is 50.1 Å². The van der Waals surface area contributed by atoms with E-state index in [0.29, 0.717) is 55.4 Å². The van der Waals surface area contributed by atoms with Crippen LogP contribution >= 0.6 is 0 Å². The predicted octanol–water partition coefficient (Wildman–Crippen LogP) is 7.63. The molecule has 2 aromatic heterocycles. The van der Waals surface area contributed by atoms with Gasteiger partial charge in [-0.3, -0.25) is 14.5 Å². The SMILES string of the molecule is COCn1c(C(=O)N2CCN(Cc3ccc(OCC(F)(F)F)cc3)CC2)cc2ccc(Oc3ccc(N(C)C(=O)c4ccc(C(F)(F)F)cc4)cn3)cc21. The van der Waals surface area contributed by atoms with Gasteiger partial charge in [-0.1, -0.05) is 12.1 Å². The number of benzene rings is 3. The summed E-state index contributed by atoms with van der Waals surface area (Å²) in [5.74, 6) is 0.117. The number of anilines is 1. The van der Waals surface area contributed by atoms with E-state index in [1.807, 2.05) is 6.07 Å². The van der Waals surface area contributed by atoms with E-state index in [-0.39, 0.29) is 29.8 Å².